The van der Waals surface area contributed by atoms with Gasteiger partial charge in [-0.3, -0.25) is 0 Å². The molecule has 1 unspecified atom stereocenters. The minimum Gasteiger partial charge on any atom is -0.316 e. The van der Waals surface area contributed by atoms with E-state index in [1.54, 1.807) is 11.8 Å². The average molecular weight is 269 g/mol. The summed E-state index contributed by atoms with van der Waals surface area (Å²) in [5.41, 5.74) is 0. The van der Waals surface area contributed by atoms with Gasteiger partial charge in [0.2, 0.25) is 0 Å². The van der Waals surface area contributed by atoms with Gasteiger partial charge in [-0.1, -0.05) is 26.7 Å². The molecule has 1 N–H and O–H groups in total. The van der Waals surface area contributed by atoms with Crippen LogP contribution in [0.3, 0.4) is 0 Å². The SMILES string of the molecule is CCC(CC)CC(CSc1ccc(F)cc1)NC. The van der Waals surface area contributed by atoms with Gasteiger partial charge in [0.15, 0.2) is 0 Å². The molecule has 0 saturated heterocycles. The van der Waals surface area contributed by atoms with Gasteiger partial charge in [0.25, 0.3) is 0 Å². The van der Waals surface area contributed by atoms with Gasteiger partial charge in [-0.2, -0.15) is 0 Å². The van der Waals surface area contributed by atoms with Crippen LogP contribution in [0.1, 0.15) is 33.1 Å². The Morgan fingerprint density at radius 1 is 1.17 bits per heavy atom. The van der Waals surface area contributed by atoms with E-state index < -0.39 is 0 Å². The van der Waals surface area contributed by atoms with Crippen molar-refractivity contribution in [3.63, 3.8) is 0 Å². The first kappa shape index (κ1) is 15.5. The molecular weight excluding hydrogens is 245 g/mol. The molecule has 1 aromatic rings. The number of halogens is 1. The molecule has 0 radical (unpaired) electrons. The van der Waals surface area contributed by atoms with E-state index in [9.17, 15) is 4.39 Å². The lowest BCUT2D eigenvalue weighted by atomic mass is 9.95. The largest absolute Gasteiger partial charge is 0.316 e. The number of thioether (sulfide) groups is 1. The fourth-order valence-electron chi connectivity index (χ4n) is 2.02. The predicted octanol–water partition coefficient (Wildman–Crippen LogP) is 4.33. The highest BCUT2D eigenvalue weighted by molar-refractivity contribution is 7.99. The van der Waals surface area contributed by atoms with Gasteiger partial charge in [0, 0.05) is 16.7 Å². The zero-order valence-electron chi connectivity index (χ0n) is 11.6. The summed E-state index contributed by atoms with van der Waals surface area (Å²) in [6.45, 7) is 4.52. The number of benzene rings is 1. The molecule has 3 heteroatoms. The Morgan fingerprint density at radius 2 is 1.78 bits per heavy atom. The maximum atomic E-state index is 12.8. The van der Waals surface area contributed by atoms with Crippen LogP contribution >= 0.6 is 11.8 Å². The van der Waals surface area contributed by atoms with Crippen LogP contribution in [0.5, 0.6) is 0 Å². The number of rotatable bonds is 8. The van der Waals surface area contributed by atoms with Crippen molar-refractivity contribution >= 4 is 11.8 Å². The first-order valence-electron chi connectivity index (χ1n) is 6.75. The topological polar surface area (TPSA) is 12.0 Å². The van der Waals surface area contributed by atoms with Crippen molar-refractivity contribution in [2.75, 3.05) is 12.8 Å². The maximum Gasteiger partial charge on any atom is 0.123 e. The zero-order valence-corrected chi connectivity index (χ0v) is 12.4. The molecule has 0 heterocycles. The van der Waals surface area contributed by atoms with E-state index in [0.717, 1.165) is 16.6 Å². The van der Waals surface area contributed by atoms with Gasteiger partial charge >= 0.3 is 0 Å². The van der Waals surface area contributed by atoms with Gasteiger partial charge in [-0.25, -0.2) is 4.39 Å². The molecule has 1 nitrogen and oxygen atoms in total. The highest BCUT2D eigenvalue weighted by Gasteiger charge is 2.12. The molecule has 0 bridgehead atoms. The second kappa shape index (κ2) is 8.54. The van der Waals surface area contributed by atoms with E-state index in [1.165, 1.54) is 31.4 Å². The minimum atomic E-state index is -0.165. The third-order valence-corrected chi connectivity index (χ3v) is 4.62. The molecule has 0 saturated carbocycles. The lowest BCUT2D eigenvalue weighted by Crippen LogP contribution is -2.30. The maximum absolute atomic E-state index is 12.8. The smallest absolute Gasteiger partial charge is 0.123 e. The predicted molar refractivity (Wildman–Crippen MR) is 78.7 cm³/mol. The van der Waals surface area contributed by atoms with E-state index in [4.69, 9.17) is 0 Å². The van der Waals surface area contributed by atoms with Crippen molar-refractivity contribution < 1.29 is 4.39 Å². The molecule has 1 atom stereocenters. The van der Waals surface area contributed by atoms with Crippen molar-refractivity contribution in [2.45, 2.75) is 44.0 Å². The molecule has 0 aliphatic rings. The first-order chi connectivity index (χ1) is 8.69. The summed E-state index contributed by atoms with van der Waals surface area (Å²) in [5, 5.41) is 3.39. The van der Waals surface area contributed by atoms with Crippen molar-refractivity contribution in [1.29, 1.82) is 0 Å². The fraction of sp³-hybridized carbons (Fsp3) is 0.600. The molecule has 18 heavy (non-hydrogen) atoms. The van der Waals surface area contributed by atoms with Crippen LogP contribution in [0, 0.1) is 11.7 Å². The molecule has 0 amide bonds. The van der Waals surface area contributed by atoms with E-state index >= 15 is 0 Å². The van der Waals surface area contributed by atoms with Crippen molar-refractivity contribution in [1.82, 2.24) is 5.32 Å². The average Bonchev–Trinajstić information content (AvgIpc) is 2.41. The Kier molecular flexibility index (Phi) is 7.36. The van der Waals surface area contributed by atoms with Crippen molar-refractivity contribution in [2.24, 2.45) is 5.92 Å². The fourth-order valence-corrected chi connectivity index (χ4v) is 3.05. The van der Waals surface area contributed by atoms with E-state index in [2.05, 4.69) is 19.2 Å². The summed E-state index contributed by atoms with van der Waals surface area (Å²) in [5.74, 6) is 1.68. The van der Waals surface area contributed by atoms with Crippen LogP contribution < -0.4 is 5.32 Å². The lowest BCUT2D eigenvalue weighted by molar-refractivity contribution is 0.397. The Balaban J connectivity index is 2.41. The minimum absolute atomic E-state index is 0.165. The van der Waals surface area contributed by atoms with Gasteiger partial charge in [0.05, 0.1) is 0 Å². The molecule has 0 aromatic heterocycles. The third-order valence-electron chi connectivity index (χ3n) is 3.45. The molecule has 0 spiro atoms. The molecule has 0 aliphatic heterocycles. The second-order valence-corrected chi connectivity index (χ2v) is 5.76. The number of nitrogens with one attached hydrogen (secondary N) is 1. The Morgan fingerprint density at radius 3 is 2.28 bits per heavy atom. The quantitative estimate of drug-likeness (QED) is 0.705. The van der Waals surface area contributed by atoms with Crippen LogP contribution in [-0.4, -0.2) is 18.8 Å². The molecule has 102 valence electrons. The molecular formula is C15H24FNS. The van der Waals surface area contributed by atoms with Crippen molar-refractivity contribution in [3.8, 4) is 0 Å². The lowest BCUT2D eigenvalue weighted by Gasteiger charge is -2.21. The summed E-state index contributed by atoms with van der Waals surface area (Å²) in [7, 11) is 2.03. The molecule has 0 fully saturated rings. The summed E-state index contributed by atoms with van der Waals surface area (Å²) in [6, 6.07) is 7.29. The Hall–Kier alpha value is -0.540. The molecule has 1 rings (SSSR count). The van der Waals surface area contributed by atoms with E-state index in [0.29, 0.717) is 6.04 Å². The third kappa shape index (κ3) is 5.40. The van der Waals surface area contributed by atoms with Crippen LogP contribution in [-0.2, 0) is 0 Å². The number of hydrogen-bond acceptors (Lipinski definition) is 2. The Labute approximate surface area is 115 Å². The van der Waals surface area contributed by atoms with Crippen molar-refractivity contribution in [3.05, 3.63) is 30.1 Å². The standard InChI is InChI=1S/C15H24FNS/c1-4-12(5-2)10-14(17-3)11-18-15-8-6-13(16)7-9-15/h6-9,12,14,17H,4-5,10-11H2,1-3H3. The van der Waals surface area contributed by atoms with Gasteiger partial charge in [0.1, 0.15) is 5.82 Å². The summed E-state index contributed by atoms with van der Waals surface area (Å²) >= 11 is 1.80. The molecule has 0 aliphatic carbocycles. The summed E-state index contributed by atoms with van der Waals surface area (Å²) < 4.78 is 12.8. The normalized spacial score (nSPS) is 12.9. The Bertz CT molecular complexity index is 322. The van der Waals surface area contributed by atoms with Gasteiger partial charge in [-0.05, 0) is 43.7 Å². The highest BCUT2D eigenvalue weighted by Crippen LogP contribution is 2.22. The zero-order chi connectivity index (χ0) is 13.4. The molecule has 1 aromatic carbocycles. The van der Waals surface area contributed by atoms with Gasteiger partial charge < -0.3 is 5.32 Å². The number of hydrogen-bond donors (Lipinski definition) is 1. The highest BCUT2D eigenvalue weighted by atomic mass is 32.2. The van der Waals surface area contributed by atoms with E-state index in [1.807, 2.05) is 19.2 Å². The first-order valence-corrected chi connectivity index (χ1v) is 7.73. The second-order valence-electron chi connectivity index (χ2n) is 4.67. The van der Waals surface area contributed by atoms with Crippen LogP contribution in [0.25, 0.3) is 0 Å². The van der Waals surface area contributed by atoms with Gasteiger partial charge in [-0.15, -0.1) is 11.8 Å². The van der Waals surface area contributed by atoms with Crippen LogP contribution in [0.4, 0.5) is 4.39 Å². The summed E-state index contributed by atoms with van der Waals surface area (Å²) in [4.78, 5) is 1.14. The monoisotopic (exact) mass is 269 g/mol. The van der Waals surface area contributed by atoms with Crippen LogP contribution in [0.2, 0.25) is 0 Å². The van der Waals surface area contributed by atoms with E-state index in [-0.39, 0.29) is 5.82 Å². The summed E-state index contributed by atoms with van der Waals surface area (Å²) in [6.07, 6.45) is 3.71. The van der Waals surface area contributed by atoms with Crippen LogP contribution in [0.15, 0.2) is 29.2 Å².